The molecular weight excluding hydrogens is 278 g/mol. The van der Waals surface area contributed by atoms with Crippen molar-refractivity contribution in [3.05, 3.63) is 63.5 Å². The molecule has 0 aliphatic rings. The van der Waals surface area contributed by atoms with E-state index in [0.717, 1.165) is 5.56 Å². The monoisotopic (exact) mass is 293 g/mol. The quantitative estimate of drug-likeness (QED) is 0.922. The average Bonchev–Trinajstić information content (AvgIpc) is 2.42. The van der Waals surface area contributed by atoms with Gasteiger partial charge in [0.1, 0.15) is 12.4 Å². The number of nitrogens with zero attached hydrogens (tertiary/aromatic N) is 1. The van der Waals surface area contributed by atoms with Crippen LogP contribution in [0.15, 0.2) is 47.4 Å². The zero-order valence-electron chi connectivity index (χ0n) is 11.1. The van der Waals surface area contributed by atoms with Gasteiger partial charge in [-0.1, -0.05) is 23.7 Å². The number of ether oxygens (including phenoxy) is 1. The van der Waals surface area contributed by atoms with Crippen LogP contribution >= 0.6 is 11.6 Å². The molecule has 1 atom stereocenters. The standard InChI is InChI=1S/C15H16ClNO3/c1-11(18)12-5-6-14(13(16)10-12)20-9-8-17-7-3-2-4-15(17)19/h2-7,10-11,18H,8-9H2,1H3/t11-/m0/s1. The summed E-state index contributed by atoms with van der Waals surface area (Å²) in [5.74, 6) is 0.542. The number of aromatic nitrogens is 1. The lowest BCUT2D eigenvalue weighted by Crippen LogP contribution is -2.21. The normalized spacial score (nSPS) is 12.2. The summed E-state index contributed by atoms with van der Waals surface area (Å²) < 4.78 is 7.12. The number of rotatable bonds is 5. The molecule has 106 valence electrons. The van der Waals surface area contributed by atoms with Crippen molar-refractivity contribution < 1.29 is 9.84 Å². The number of hydrogen-bond acceptors (Lipinski definition) is 3. The van der Waals surface area contributed by atoms with Gasteiger partial charge in [-0.3, -0.25) is 4.79 Å². The predicted molar refractivity (Wildman–Crippen MR) is 78.3 cm³/mol. The fourth-order valence-electron chi connectivity index (χ4n) is 1.79. The van der Waals surface area contributed by atoms with Crippen LogP contribution in [0.4, 0.5) is 0 Å². The Balaban J connectivity index is 1.98. The molecule has 0 unspecified atom stereocenters. The SMILES string of the molecule is C[C@H](O)c1ccc(OCCn2ccccc2=O)c(Cl)c1. The molecule has 0 saturated carbocycles. The molecule has 0 aliphatic carbocycles. The number of aliphatic hydroxyl groups excluding tert-OH is 1. The van der Waals surface area contributed by atoms with Crippen molar-refractivity contribution >= 4 is 11.6 Å². The number of pyridine rings is 1. The predicted octanol–water partition coefficient (Wildman–Crippen LogP) is 2.63. The molecule has 0 fully saturated rings. The lowest BCUT2D eigenvalue weighted by molar-refractivity contribution is 0.199. The van der Waals surface area contributed by atoms with Crippen molar-refractivity contribution in [2.45, 2.75) is 19.6 Å². The number of halogens is 1. The summed E-state index contributed by atoms with van der Waals surface area (Å²) in [6.07, 6.45) is 1.15. The maximum Gasteiger partial charge on any atom is 0.250 e. The first-order valence-corrected chi connectivity index (χ1v) is 6.71. The topological polar surface area (TPSA) is 51.5 Å². The highest BCUT2D eigenvalue weighted by Crippen LogP contribution is 2.27. The second kappa shape index (κ2) is 6.59. The van der Waals surface area contributed by atoms with Gasteiger partial charge in [0.2, 0.25) is 0 Å². The van der Waals surface area contributed by atoms with Crippen LogP contribution in [0.5, 0.6) is 5.75 Å². The van der Waals surface area contributed by atoms with E-state index >= 15 is 0 Å². The van der Waals surface area contributed by atoms with E-state index in [-0.39, 0.29) is 5.56 Å². The molecule has 1 aromatic carbocycles. The van der Waals surface area contributed by atoms with Crippen LogP contribution < -0.4 is 10.3 Å². The summed E-state index contributed by atoms with van der Waals surface area (Å²) in [6.45, 7) is 2.47. The van der Waals surface area contributed by atoms with E-state index in [9.17, 15) is 9.90 Å². The van der Waals surface area contributed by atoms with Gasteiger partial charge < -0.3 is 14.4 Å². The molecule has 0 bridgehead atoms. The van der Waals surface area contributed by atoms with E-state index in [0.29, 0.717) is 23.9 Å². The van der Waals surface area contributed by atoms with Crippen molar-refractivity contribution in [1.29, 1.82) is 0 Å². The van der Waals surface area contributed by atoms with E-state index in [1.807, 2.05) is 0 Å². The molecular formula is C15H16ClNO3. The van der Waals surface area contributed by atoms with E-state index in [1.165, 1.54) is 6.07 Å². The third-order valence-corrected chi connectivity index (χ3v) is 3.22. The first kappa shape index (κ1) is 14.6. The summed E-state index contributed by atoms with van der Waals surface area (Å²) in [4.78, 5) is 11.5. The lowest BCUT2D eigenvalue weighted by atomic mass is 10.1. The van der Waals surface area contributed by atoms with Crippen molar-refractivity contribution in [2.75, 3.05) is 6.61 Å². The van der Waals surface area contributed by atoms with Crippen LogP contribution in [-0.2, 0) is 6.54 Å². The molecule has 2 aromatic rings. The van der Waals surface area contributed by atoms with Gasteiger partial charge in [0, 0.05) is 12.3 Å². The molecule has 1 aromatic heterocycles. The molecule has 0 aliphatic heterocycles. The van der Waals surface area contributed by atoms with Gasteiger partial charge in [0.15, 0.2) is 0 Å². The van der Waals surface area contributed by atoms with Crippen LogP contribution in [0.1, 0.15) is 18.6 Å². The highest BCUT2D eigenvalue weighted by molar-refractivity contribution is 6.32. The van der Waals surface area contributed by atoms with E-state index in [1.54, 1.807) is 48.0 Å². The molecule has 20 heavy (non-hydrogen) atoms. The summed E-state index contributed by atoms with van der Waals surface area (Å²) >= 11 is 6.08. The smallest absolute Gasteiger partial charge is 0.250 e. The Labute approximate surface area is 122 Å². The number of aliphatic hydroxyl groups is 1. The molecule has 0 radical (unpaired) electrons. The Morgan fingerprint density at radius 3 is 2.80 bits per heavy atom. The molecule has 1 heterocycles. The zero-order chi connectivity index (χ0) is 14.5. The Morgan fingerprint density at radius 1 is 1.35 bits per heavy atom. The van der Waals surface area contributed by atoms with Crippen LogP contribution in [-0.4, -0.2) is 16.3 Å². The van der Waals surface area contributed by atoms with Crippen LogP contribution in [0.2, 0.25) is 5.02 Å². The van der Waals surface area contributed by atoms with Gasteiger partial charge in [-0.05, 0) is 30.7 Å². The largest absolute Gasteiger partial charge is 0.490 e. The molecule has 0 saturated heterocycles. The molecule has 5 heteroatoms. The third kappa shape index (κ3) is 3.62. The van der Waals surface area contributed by atoms with Crippen LogP contribution in [0, 0.1) is 0 Å². The fourth-order valence-corrected chi connectivity index (χ4v) is 2.04. The lowest BCUT2D eigenvalue weighted by Gasteiger charge is -2.11. The van der Waals surface area contributed by atoms with Gasteiger partial charge in [0.05, 0.1) is 17.7 Å². The van der Waals surface area contributed by atoms with Crippen molar-refractivity contribution in [3.63, 3.8) is 0 Å². The van der Waals surface area contributed by atoms with Gasteiger partial charge in [0.25, 0.3) is 5.56 Å². The average molecular weight is 294 g/mol. The fraction of sp³-hybridized carbons (Fsp3) is 0.267. The second-order valence-corrected chi connectivity index (χ2v) is 4.85. The second-order valence-electron chi connectivity index (χ2n) is 4.45. The minimum Gasteiger partial charge on any atom is -0.490 e. The zero-order valence-corrected chi connectivity index (χ0v) is 11.9. The highest BCUT2D eigenvalue weighted by atomic mass is 35.5. The van der Waals surface area contributed by atoms with Crippen LogP contribution in [0.25, 0.3) is 0 Å². The molecule has 0 amide bonds. The number of benzene rings is 1. The molecule has 1 N–H and O–H groups in total. The molecule has 4 nitrogen and oxygen atoms in total. The van der Waals surface area contributed by atoms with E-state index < -0.39 is 6.10 Å². The first-order chi connectivity index (χ1) is 9.58. The van der Waals surface area contributed by atoms with Crippen molar-refractivity contribution in [3.8, 4) is 5.75 Å². The Hall–Kier alpha value is -1.78. The van der Waals surface area contributed by atoms with Crippen molar-refractivity contribution in [1.82, 2.24) is 4.57 Å². The van der Waals surface area contributed by atoms with Gasteiger partial charge in [-0.15, -0.1) is 0 Å². The maximum absolute atomic E-state index is 11.5. The highest BCUT2D eigenvalue weighted by Gasteiger charge is 2.06. The summed E-state index contributed by atoms with van der Waals surface area (Å²) in [7, 11) is 0. The Kier molecular flexibility index (Phi) is 4.82. The third-order valence-electron chi connectivity index (χ3n) is 2.93. The molecule has 0 spiro atoms. The minimum atomic E-state index is -0.565. The van der Waals surface area contributed by atoms with Gasteiger partial charge >= 0.3 is 0 Å². The Bertz CT molecular complexity index is 637. The minimum absolute atomic E-state index is 0.0633. The summed E-state index contributed by atoms with van der Waals surface area (Å²) in [6, 6.07) is 10.2. The van der Waals surface area contributed by atoms with Crippen molar-refractivity contribution in [2.24, 2.45) is 0 Å². The Morgan fingerprint density at radius 2 is 2.15 bits per heavy atom. The maximum atomic E-state index is 11.5. The van der Waals surface area contributed by atoms with Gasteiger partial charge in [-0.25, -0.2) is 0 Å². The summed E-state index contributed by atoms with van der Waals surface area (Å²) in [5.41, 5.74) is 0.674. The number of hydrogen-bond donors (Lipinski definition) is 1. The molecule has 2 rings (SSSR count). The van der Waals surface area contributed by atoms with Crippen LogP contribution in [0.3, 0.4) is 0 Å². The summed E-state index contributed by atoms with van der Waals surface area (Å²) in [5, 5.41) is 9.90. The van der Waals surface area contributed by atoms with E-state index in [4.69, 9.17) is 16.3 Å². The van der Waals surface area contributed by atoms with Gasteiger partial charge in [-0.2, -0.15) is 0 Å². The first-order valence-electron chi connectivity index (χ1n) is 6.33. The van der Waals surface area contributed by atoms with E-state index in [2.05, 4.69) is 0 Å².